The van der Waals surface area contributed by atoms with Crippen LogP contribution in [0, 0.1) is 5.92 Å². The third kappa shape index (κ3) is 2.25. The maximum absolute atomic E-state index is 11.4. The molecule has 1 aromatic rings. The number of rotatable bonds is 4. The minimum absolute atomic E-state index is 0.0416. The number of carbonyl (C=O) groups is 1. The molecule has 1 unspecified atom stereocenters. The number of hydrogen-bond donors (Lipinski definition) is 1. The van der Waals surface area contributed by atoms with Crippen LogP contribution in [0.25, 0.3) is 0 Å². The molecule has 0 saturated heterocycles. The predicted octanol–water partition coefficient (Wildman–Crippen LogP) is 1.85. The maximum atomic E-state index is 11.4. The molecule has 2 atom stereocenters. The van der Waals surface area contributed by atoms with Gasteiger partial charge in [0, 0.05) is 0 Å². The molecule has 0 heterocycles. The minimum Gasteiger partial charge on any atom is -0.466 e. The summed E-state index contributed by atoms with van der Waals surface area (Å²) < 4.78 is 4.98. The lowest BCUT2D eigenvalue weighted by Gasteiger charge is -2.02. The first-order valence-electron chi connectivity index (χ1n) is 5.62. The van der Waals surface area contributed by atoms with Crippen molar-refractivity contribution in [3.8, 4) is 0 Å². The van der Waals surface area contributed by atoms with Gasteiger partial charge in [-0.15, -0.1) is 0 Å². The Morgan fingerprint density at radius 2 is 2.12 bits per heavy atom. The summed E-state index contributed by atoms with van der Waals surface area (Å²) in [6, 6.07) is 7.76. The van der Waals surface area contributed by atoms with Crippen molar-refractivity contribution in [1.82, 2.24) is 0 Å². The fourth-order valence-corrected chi connectivity index (χ4v) is 1.94. The van der Waals surface area contributed by atoms with Crippen LogP contribution in [0.15, 0.2) is 24.3 Å². The third-order valence-electron chi connectivity index (χ3n) is 2.97. The number of benzene rings is 1. The lowest BCUT2D eigenvalue weighted by Crippen LogP contribution is -2.07. The molecule has 1 N–H and O–H groups in total. The molecule has 0 bridgehead atoms. The van der Waals surface area contributed by atoms with Gasteiger partial charge in [0.15, 0.2) is 0 Å². The Labute approximate surface area is 95.0 Å². The number of hydrogen-bond acceptors (Lipinski definition) is 3. The zero-order valence-corrected chi connectivity index (χ0v) is 9.35. The summed E-state index contributed by atoms with van der Waals surface area (Å²) in [6.45, 7) is 2.34. The molecule has 86 valence electrons. The molecular formula is C13H16O3. The highest BCUT2D eigenvalue weighted by Crippen LogP contribution is 2.48. The fourth-order valence-electron chi connectivity index (χ4n) is 1.94. The monoisotopic (exact) mass is 220 g/mol. The van der Waals surface area contributed by atoms with E-state index in [0.29, 0.717) is 12.5 Å². The summed E-state index contributed by atoms with van der Waals surface area (Å²) in [6.07, 6.45) is 0.886. The van der Waals surface area contributed by atoms with E-state index in [2.05, 4.69) is 0 Å². The van der Waals surface area contributed by atoms with Crippen molar-refractivity contribution in [3.05, 3.63) is 35.4 Å². The van der Waals surface area contributed by atoms with Crippen LogP contribution in [0.1, 0.15) is 30.4 Å². The van der Waals surface area contributed by atoms with E-state index in [4.69, 9.17) is 9.84 Å². The molecule has 1 saturated carbocycles. The summed E-state index contributed by atoms with van der Waals surface area (Å²) >= 11 is 0. The Bertz CT molecular complexity index is 369. The van der Waals surface area contributed by atoms with Gasteiger partial charge in [-0.05, 0) is 30.4 Å². The van der Waals surface area contributed by atoms with Crippen molar-refractivity contribution < 1.29 is 14.6 Å². The van der Waals surface area contributed by atoms with Crippen molar-refractivity contribution in [2.75, 3.05) is 6.61 Å². The van der Waals surface area contributed by atoms with Crippen LogP contribution in [0.4, 0.5) is 0 Å². The van der Waals surface area contributed by atoms with E-state index in [1.165, 1.54) is 0 Å². The minimum atomic E-state index is -0.0845. The quantitative estimate of drug-likeness (QED) is 0.788. The van der Waals surface area contributed by atoms with Crippen LogP contribution in [0.2, 0.25) is 0 Å². The highest BCUT2D eigenvalue weighted by molar-refractivity contribution is 5.77. The summed E-state index contributed by atoms with van der Waals surface area (Å²) in [5.74, 6) is 0.269. The van der Waals surface area contributed by atoms with Gasteiger partial charge in [-0.2, -0.15) is 0 Å². The highest BCUT2D eigenvalue weighted by atomic mass is 16.5. The van der Waals surface area contributed by atoms with E-state index in [1.807, 2.05) is 31.2 Å². The lowest BCUT2D eigenvalue weighted by molar-refractivity contribution is -0.144. The van der Waals surface area contributed by atoms with Crippen molar-refractivity contribution in [2.45, 2.75) is 25.9 Å². The van der Waals surface area contributed by atoms with Gasteiger partial charge in [0.2, 0.25) is 0 Å². The second-order valence-corrected chi connectivity index (χ2v) is 4.10. The molecule has 0 amide bonds. The van der Waals surface area contributed by atoms with Gasteiger partial charge in [-0.1, -0.05) is 24.3 Å². The normalized spacial score (nSPS) is 22.9. The number of aliphatic hydroxyl groups excluding tert-OH is 1. The molecule has 1 fully saturated rings. The van der Waals surface area contributed by atoms with Crippen LogP contribution in [-0.2, 0) is 16.1 Å². The van der Waals surface area contributed by atoms with Crippen LogP contribution >= 0.6 is 0 Å². The summed E-state index contributed by atoms with van der Waals surface area (Å²) in [4.78, 5) is 11.4. The molecule has 0 aliphatic heterocycles. The molecule has 1 aliphatic rings. The molecule has 1 aromatic carbocycles. The Balaban J connectivity index is 1.97. The van der Waals surface area contributed by atoms with E-state index in [9.17, 15) is 4.79 Å². The molecule has 2 rings (SSSR count). The number of carbonyl (C=O) groups excluding carboxylic acids is 1. The summed E-state index contributed by atoms with van der Waals surface area (Å²) in [5, 5.41) is 8.92. The van der Waals surface area contributed by atoms with Gasteiger partial charge in [0.25, 0.3) is 0 Å². The number of ether oxygens (including phenoxy) is 1. The topological polar surface area (TPSA) is 46.5 Å². The van der Waals surface area contributed by atoms with Crippen LogP contribution in [0.3, 0.4) is 0 Å². The third-order valence-corrected chi connectivity index (χ3v) is 2.97. The SMILES string of the molecule is CCOC(=O)[C@H]1CC1c1ccc(CO)cc1. The average Bonchev–Trinajstić information content (AvgIpc) is 3.09. The number of aliphatic hydroxyl groups is 1. The Morgan fingerprint density at radius 1 is 1.44 bits per heavy atom. The van der Waals surface area contributed by atoms with Gasteiger partial charge in [0.1, 0.15) is 0 Å². The number of esters is 1. The Hall–Kier alpha value is -1.35. The zero-order valence-electron chi connectivity index (χ0n) is 9.35. The second kappa shape index (κ2) is 4.66. The zero-order chi connectivity index (χ0) is 11.5. The molecule has 0 spiro atoms. The van der Waals surface area contributed by atoms with Gasteiger partial charge >= 0.3 is 5.97 Å². The van der Waals surface area contributed by atoms with Gasteiger partial charge in [-0.25, -0.2) is 0 Å². The van der Waals surface area contributed by atoms with E-state index >= 15 is 0 Å². The van der Waals surface area contributed by atoms with E-state index in [0.717, 1.165) is 17.5 Å². The van der Waals surface area contributed by atoms with Gasteiger partial charge in [0.05, 0.1) is 19.1 Å². The van der Waals surface area contributed by atoms with Crippen LogP contribution < -0.4 is 0 Å². The maximum Gasteiger partial charge on any atom is 0.309 e. The lowest BCUT2D eigenvalue weighted by atomic mass is 10.1. The van der Waals surface area contributed by atoms with Gasteiger partial charge < -0.3 is 9.84 Å². The molecule has 0 aromatic heterocycles. The molecule has 3 heteroatoms. The molecule has 3 nitrogen and oxygen atoms in total. The van der Waals surface area contributed by atoms with Crippen molar-refractivity contribution in [3.63, 3.8) is 0 Å². The second-order valence-electron chi connectivity index (χ2n) is 4.10. The first-order valence-corrected chi connectivity index (χ1v) is 5.62. The smallest absolute Gasteiger partial charge is 0.309 e. The molecule has 16 heavy (non-hydrogen) atoms. The largest absolute Gasteiger partial charge is 0.466 e. The van der Waals surface area contributed by atoms with Crippen LogP contribution in [-0.4, -0.2) is 17.7 Å². The van der Waals surface area contributed by atoms with Crippen LogP contribution in [0.5, 0.6) is 0 Å². The molecule has 0 radical (unpaired) electrons. The standard InChI is InChI=1S/C13H16O3/c1-2-16-13(15)12-7-11(12)10-5-3-9(8-14)4-6-10/h3-6,11-12,14H,2,7-8H2,1H3/t11?,12-/m0/s1. The predicted molar refractivity (Wildman–Crippen MR) is 59.8 cm³/mol. The Kier molecular flexibility index (Phi) is 3.25. The van der Waals surface area contributed by atoms with E-state index < -0.39 is 0 Å². The van der Waals surface area contributed by atoms with Gasteiger partial charge in [-0.3, -0.25) is 4.79 Å². The van der Waals surface area contributed by atoms with E-state index in [-0.39, 0.29) is 18.5 Å². The fraction of sp³-hybridized carbons (Fsp3) is 0.462. The Morgan fingerprint density at radius 3 is 2.69 bits per heavy atom. The summed E-state index contributed by atoms with van der Waals surface area (Å²) in [7, 11) is 0. The van der Waals surface area contributed by atoms with Crippen molar-refractivity contribution >= 4 is 5.97 Å². The molecular weight excluding hydrogens is 204 g/mol. The summed E-state index contributed by atoms with van der Waals surface area (Å²) in [5.41, 5.74) is 2.06. The van der Waals surface area contributed by atoms with E-state index in [1.54, 1.807) is 0 Å². The first kappa shape index (κ1) is 11.1. The molecule has 1 aliphatic carbocycles. The van der Waals surface area contributed by atoms with Crippen molar-refractivity contribution in [1.29, 1.82) is 0 Å². The van der Waals surface area contributed by atoms with Crippen molar-refractivity contribution in [2.24, 2.45) is 5.92 Å². The first-order chi connectivity index (χ1) is 7.76. The average molecular weight is 220 g/mol. The highest BCUT2D eigenvalue weighted by Gasteiger charge is 2.44.